The highest BCUT2D eigenvalue weighted by Gasteiger charge is 2.04. The number of rotatable bonds is 7. The predicted molar refractivity (Wildman–Crippen MR) is 119 cm³/mol. The largest absolute Gasteiger partial charge is 0.469 e. The monoisotopic (exact) mass is 544 g/mol. The summed E-state index contributed by atoms with van der Waals surface area (Å²) in [4.78, 5) is 8.89. The number of aliphatic imine (C=N–C) groups is 1. The fraction of sp³-hybridized carbons (Fsp3) is 0.278. The first-order chi connectivity index (χ1) is 12.7. The van der Waals surface area contributed by atoms with E-state index in [2.05, 4.69) is 53.8 Å². The minimum atomic E-state index is 0. The first-order valence-electron chi connectivity index (χ1n) is 8.32. The van der Waals surface area contributed by atoms with E-state index in [9.17, 15) is 0 Å². The molecule has 2 aromatic heterocycles. The Labute approximate surface area is 183 Å². The molecular weight excluding hydrogens is 523 g/mol. The normalized spacial score (nSPS) is 11.1. The quantitative estimate of drug-likeness (QED) is 0.271. The molecule has 0 atom stereocenters. The van der Waals surface area contributed by atoms with Crippen LogP contribution in [0.4, 0.5) is 0 Å². The van der Waals surface area contributed by atoms with E-state index in [1.165, 1.54) is 0 Å². The summed E-state index contributed by atoms with van der Waals surface area (Å²) in [6, 6.07) is 12.0. The predicted octanol–water partition coefficient (Wildman–Crippen LogP) is 3.27. The van der Waals surface area contributed by atoms with Gasteiger partial charge >= 0.3 is 0 Å². The molecule has 0 spiro atoms. The Bertz CT molecular complexity index is 832. The summed E-state index contributed by atoms with van der Waals surface area (Å²) in [5.41, 5.74) is 1.14. The lowest BCUT2D eigenvalue weighted by Gasteiger charge is -2.12. The zero-order valence-electron chi connectivity index (χ0n) is 14.9. The summed E-state index contributed by atoms with van der Waals surface area (Å²) in [6.07, 6.45) is 4.01. The van der Waals surface area contributed by atoms with Gasteiger partial charge in [0, 0.05) is 24.5 Å². The van der Waals surface area contributed by atoms with Crippen LogP contribution in [-0.4, -0.2) is 27.3 Å². The van der Waals surface area contributed by atoms with Crippen LogP contribution in [0.5, 0.6) is 0 Å². The van der Waals surface area contributed by atoms with Gasteiger partial charge in [0.25, 0.3) is 0 Å². The van der Waals surface area contributed by atoms with Crippen molar-refractivity contribution in [2.75, 3.05) is 6.54 Å². The number of hydrogen-bond donors (Lipinski definition) is 2. The summed E-state index contributed by atoms with van der Waals surface area (Å²) >= 11 is 3.45. The highest BCUT2D eigenvalue weighted by Crippen LogP contribution is 2.11. The van der Waals surface area contributed by atoms with Crippen LogP contribution >= 0.6 is 39.9 Å². The zero-order chi connectivity index (χ0) is 18.2. The lowest BCUT2D eigenvalue weighted by molar-refractivity contribution is 0.506. The van der Waals surface area contributed by atoms with Gasteiger partial charge in [-0.1, -0.05) is 28.1 Å². The second-order valence-corrected chi connectivity index (χ2v) is 6.62. The number of halogens is 2. The van der Waals surface area contributed by atoms with E-state index in [1.54, 1.807) is 17.3 Å². The molecule has 0 aliphatic heterocycles. The molecule has 0 radical (unpaired) electrons. The van der Waals surface area contributed by atoms with Gasteiger partial charge in [0.2, 0.25) is 0 Å². The van der Waals surface area contributed by atoms with Crippen LogP contribution in [0.1, 0.15) is 17.1 Å². The average molecular weight is 545 g/mol. The highest BCUT2D eigenvalue weighted by molar-refractivity contribution is 14.0. The molecule has 0 aliphatic carbocycles. The van der Waals surface area contributed by atoms with Crippen LogP contribution in [0.3, 0.4) is 0 Å². The molecule has 2 heterocycles. The van der Waals surface area contributed by atoms with Gasteiger partial charge in [0.05, 0.1) is 19.4 Å². The van der Waals surface area contributed by atoms with Crippen LogP contribution in [0.2, 0.25) is 0 Å². The molecule has 0 bridgehead atoms. The number of aromatic nitrogens is 3. The smallest absolute Gasteiger partial charge is 0.191 e. The number of benzene rings is 1. The molecule has 27 heavy (non-hydrogen) atoms. The Morgan fingerprint density at radius 1 is 1.22 bits per heavy atom. The van der Waals surface area contributed by atoms with Crippen LogP contribution in [0, 0.1) is 0 Å². The van der Waals surface area contributed by atoms with Gasteiger partial charge in [0.1, 0.15) is 17.9 Å². The number of hydrogen-bond acceptors (Lipinski definition) is 4. The maximum absolute atomic E-state index is 5.36. The van der Waals surface area contributed by atoms with Crippen LogP contribution < -0.4 is 10.6 Å². The molecule has 0 saturated carbocycles. The molecule has 0 aliphatic rings. The minimum Gasteiger partial charge on any atom is -0.469 e. The highest BCUT2D eigenvalue weighted by atomic mass is 127. The molecular formula is C18H22BrIN6O. The summed E-state index contributed by atoms with van der Waals surface area (Å²) in [6.45, 7) is 1.85. The van der Waals surface area contributed by atoms with E-state index in [1.807, 2.05) is 31.3 Å². The Hall–Kier alpha value is -1.88. The van der Waals surface area contributed by atoms with Crippen molar-refractivity contribution in [3.8, 4) is 0 Å². The van der Waals surface area contributed by atoms with Crippen LogP contribution in [0.15, 0.2) is 62.9 Å². The van der Waals surface area contributed by atoms with Gasteiger partial charge in [-0.2, -0.15) is 5.10 Å². The standard InChI is InChI=1S/C18H21BrN6O.HI/c1-25-17(23-13-24-25)12-22-18(20-9-8-16-3-2-10-26-16)21-11-14-4-6-15(19)7-5-14;/h2-7,10,13H,8-9,11-12H2,1H3,(H2,20,21,22);1H. The van der Waals surface area contributed by atoms with Gasteiger partial charge in [0.15, 0.2) is 5.96 Å². The number of aryl methyl sites for hydroxylation is 1. The second-order valence-electron chi connectivity index (χ2n) is 5.70. The van der Waals surface area contributed by atoms with Gasteiger partial charge in [-0.15, -0.1) is 24.0 Å². The van der Waals surface area contributed by atoms with Gasteiger partial charge in [-0.05, 0) is 29.8 Å². The van der Waals surface area contributed by atoms with Crippen LogP contribution in [-0.2, 0) is 26.6 Å². The molecule has 0 amide bonds. The van der Waals surface area contributed by atoms with E-state index in [-0.39, 0.29) is 24.0 Å². The molecule has 9 heteroatoms. The van der Waals surface area contributed by atoms with E-state index < -0.39 is 0 Å². The topological polar surface area (TPSA) is 80.3 Å². The summed E-state index contributed by atoms with van der Waals surface area (Å²) in [5, 5.41) is 10.7. The SMILES string of the molecule is Cn1ncnc1CNC(=NCc1ccc(Br)cc1)NCCc1ccco1.I. The molecule has 7 nitrogen and oxygen atoms in total. The molecule has 0 saturated heterocycles. The number of furan rings is 1. The minimum absolute atomic E-state index is 0. The second kappa shape index (κ2) is 11.1. The first-order valence-corrected chi connectivity index (χ1v) is 9.12. The Morgan fingerprint density at radius 2 is 2.04 bits per heavy atom. The Morgan fingerprint density at radius 3 is 2.70 bits per heavy atom. The van der Waals surface area contributed by atoms with Gasteiger partial charge in [-0.3, -0.25) is 4.68 Å². The average Bonchev–Trinajstić information content (AvgIpc) is 3.30. The van der Waals surface area contributed by atoms with Gasteiger partial charge < -0.3 is 15.1 Å². The van der Waals surface area contributed by atoms with Crippen molar-refractivity contribution in [3.63, 3.8) is 0 Å². The molecule has 0 unspecified atom stereocenters. The van der Waals surface area contributed by atoms with Crippen molar-refractivity contribution in [1.82, 2.24) is 25.4 Å². The molecule has 1 aromatic carbocycles. The van der Waals surface area contributed by atoms with Crippen LogP contribution in [0.25, 0.3) is 0 Å². The maximum Gasteiger partial charge on any atom is 0.191 e. The first kappa shape index (κ1) is 21.4. The number of nitrogens with one attached hydrogen (secondary N) is 2. The fourth-order valence-corrected chi connectivity index (χ4v) is 2.60. The lowest BCUT2D eigenvalue weighted by Crippen LogP contribution is -2.38. The summed E-state index contributed by atoms with van der Waals surface area (Å²) < 4.78 is 8.16. The van der Waals surface area contributed by atoms with Crippen molar-refractivity contribution in [2.45, 2.75) is 19.5 Å². The maximum atomic E-state index is 5.36. The number of guanidine groups is 1. The molecule has 144 valence electrons. The van der Waals surface area contributed by atoms with Crippen molar-refractivity contribution >= 4 is 45.9 Å². The van der Waals surface area contributed by atoms with E-state index >= 15 is 0 Å². The van der Waals surface area contributed by atoms with Crippen molar-refractivity contribution < 1.29 is 4.42 Å². The third-order valence-electron chi connectivity index (χ3n) is 3.80. The van der Waals surface area contributed by atoms with Crippen molar-refractivity contribution in [3.05, 3.63) is 70.6 Å². The van der Waals surface area contributed by atoms with E-state index in [0.717, 1.165) is 40.5 Å². The van der Waals surface area contributed by atoms with E-state index in [0.29, 0.717) is 13.1 Å². The summed E-state index contributed by atoms with van der Waals surface area (Å²) in [7, 11) is 1.87. The Kier molecular flexibility index (Phi) is 8.79. The Balaban J connectivity index is 0.00000261. The van der Waals surface area contributed by atoms with Gasteiger partial charge in [-0.25, -0.2) is 9.98 Å². The molecule has 3 aromatic rings. The molecule has 3 rings (SSSR count). The fourth-order valence-electron chi connectivity index (χ4n) is 2.34. The van der Waals surface area contributed by atoms with Crippen molar-refractivity contribution in [1.29, 1.82) is 0 Å². The summed E-state index contributed by atoms with van der Waals surface area (Å²) in [5.74, 6) is 2.51. The lowest BCUT2D eigenvalue weighted by atomic mass is 10.2. The molecule has 0 fully saturated rings. The van der Waals surface area contributed by atoms with E-state index in [4.69, 9.17) is 4.42 Å². The zero-order valence-corrected chi connectivity index (χ0v) is 18.8. The van der Waals surface area contributed by atoms with Crippen molar-refractivity contribution in [2.24, 2.45) is 12.0 Å². The third-order valence-corrected chi connectivity index (χ3v) is 4.32. The third kappa shape index (κ3) is 6.98. The molecule has 2 N–H and O–H groups in total. The number of nitrogens with zero attached hydrogens (tertiary/aromatic N) is 4.